The van der Waals surface area contributed by atoms with E-state index in [1.54, 1.807) is 6.92 Å². The summed E-state index contributed by atoms with van der Waals surface area (Å²) in [6, 6.07) is 0. The molecule has 72 valence electrons. The Morgan fingerprint density at radius 2 is 1.67 bits per heavy atom. The molecule has 1 fully saturated rings. The number of hydrogen-bond donors (Lipinski definition) is 3. The standard InChI is InChI=1S/C7H14O5/c1-3-4(8)5(9)6(10)7(11-2)12-3/h3-10H,1-2H3/t3-,4?,5?,6+,7?/m1/s1. The van der Waals surface area contributed by atoms with E-state index in [9.17, 15) is 15.3 Å². The molecule has 5 heteroatoms. The van der Waals surface area contributed by atoms with Crippen LogP contribution in [0.4, 0.5) is 0 Å². The monoisotopic (exact) mass is 178 g/mol. The van der Waals surface area contributed by atoms with Crippen molar-refractivity contribution in [3.8, 4) is 0 Å². The smallest absolute Gasteiger partial charge is 0.186 e. The Bertz CT molecular complexity index is 146. The minimum absolute atomic E-state index is 0.534. The van der Waals surface area contributed by atoms with Gasteiger partial charge in [0.25, 0.3) is 0 Å². The van der Waals surface area contributed by atoms with Crippen LogP contribution in [0.1, 0.15) is 6.92 Å². The molecule has 0 aliphatic carbocycles. The quantitative estimate of drug-likeness (QED) is 0.453. The summed E-state index contributed by atoms with van der Waals surface area (Å²) < 4.78 is 9.80. The minimum atomic E-state index is -1.21. The molecule has 0 spiro atoms. The molecule has 1 heterocycles. The van der Waals surface area contributed by atoms with Gasteiger partial charge in [0.15, 0.2) is 6.29 Å². The first-order valence-corrected chi connectivity index (χ1v) is 3.80. The zero-order chi connectivity index (χ0) is 9.30. The lowest BCUT2D eigenvalue weighted by Crippen LogP contribution is -2.57. The Hall–Kier alpha value is -0.200. The van der Waals surface area contributed by atoms with E-state index in [1.165, 1.54) is 7.11 Å². The topological polar surface area (TPSA) is 79.2 Å². The Morgan fingerprint density at radius 1 is 1.08 bits per heavy atom. The van der Waals surface area contributed by atoms with Crippen LogP contribution in [-0.4, -0.2) is 53.1 Å². The fourth-order valence-corrected chi connectivity index (χ4v) is 1.21. The van der Waals surface area contributed by atoms with Crippen molar-refractivity contribution in [3.63, 3.8) is 0 Å². The lowest BCUT2D eigenvalue weighted by Gasteiger charge is -2.38. The highest BCUT2D eigenvalue weighted by Crippen LogP contribution is 2.20. The van der Waals surface area contributed by atoms with E-state index in [4.69, 9.17) is 9.47 Å². The average Bonchev–Trinajstić information content (AvgIpc) is 2.08. The Kier molecular flexibility index (Phi) is 3.03. The molecule has 12 heavy (non-hydrogen) atoms. The highest BCUT2D eigenvalue weighted by molar-refractivity contribution is 4.86. The van der Waals surface area contributed by atoms with Gasteiger partial charge in [0.2, 0.25) is 0 Å². The van der Waals surface area contributed by atoms with Crippen molar-refractivity contribution >= 4 is 0 Å². The van der Waals surface area contributed by atoms with Gasteiger partial charge in [-0.05, 0) is 6.92 Å². The van der Waals surface area contributed by atoms with Gasteiger partial charge in [-0.2, -0.15) is 0 Å². The Morgan fingerprint density at radius 3 is 2.17 bits per heavy atom. The summed E-state index contributed by atoms with van der Waals surface area (Å²) in [6.07, 6.45) is -4.86. The molecule has 0 bridgehead atoms. The summed E-state index contributed by atoms with van der Waals surface area (Å²) in [5.41, 5.74) is 0. The highest BCUT2D eigenvalue weighted by atomic mass is 16.7. The first-order chi connectivity index (χ1) is 5.57. The molecule has 0 aromatic heterocycles. The van der Waals surface area contributed by atoms with Crippen molar-refractivity contribution in [3.05, 3.63) is 0 Å². The van der Waals surface area contributed by atoms with Gasteiger partial charge < -0.3 is 24.8 Å². The first-order valence-electron chi connectivity index (χ1n) is 3.80. The summed E-state index contributed by atoms with van der Waals surface area (Å²) >= 11 is 0. The van der Waals surface area contributed by atoms with Crippen molar-refractivity contribution in [2.24, 2.45) is 0 Å². The summed E-state index contributed by atoms with van der Waals surface area (Å²) in [5.74, 6) is 0. The summed E-state index contributed by atoms with van der Waals surface area (Å²) in [7, 11) is 1.37. The van der Waals surface area contributed by atoms with E-state index in [0.717, 1.165) is 0 Å². The predicted molar refractivity (Wildman–Crippen MR) is 39.4 cm³/mol. The maximum Gasteiger partial charge on any atom is 0.186 e. The lowest BCUT2D eigenvalue weighted by molar-refractivity contribution is -0.286. The maximum atomic E-state index is 9.27. The Labute approximate surface area is 70.5 Å². The third-order valence-corrected chi connectivity index (χ3v) is 2.04. The van der Waals surface area contributed by atoms with E-state index in [-0.39, 0.29) is 0 Å². The van der Waals surface area contributed by atoms with Crippen molar-refractivity contribution in [1.29, 1.82) is 0 Å². The van der Waals surface area contributed by atoms with Crippen LogP contribution in [0.15, 0.2) is 0 Å². The van der Waals surface area contributed by atoms with Crippen molar-refractivity contribution < 1.29 is 24.8 Å². The largest absolute Gasteiger partial charge is 0.388 e. The van der Waals surface area contributed by atoms with Crippen LogP contribution in [0.2, 0.25) is 0 Å². The van der Waals surface area contributed by atoms with Gasteiger partial charge in [-0.15, -0.1) is 0 Å². The highest BCUT2D eigenvalue weighted by Gasteiger charge is 2.41. The molecular formula is C7H14O5. The van der Waals surface area contributed by atoms with Crippen LogP contribution >= 0.6 is 0 Å². The third kappa shape index (κ3) is 1.60. The number of ether oxygens (including phenoxy) is 2. The molecule has 1 rings (SSSR count). The van der Waals surface area contributed by atoms with Crippen molar-refractivity contribution in [2.45, 2.75) is 37.6 Å². The number of aliphatic hydroxyl groups is 3. The molecule has 5 atom stereocenters. The van der Waals surface area contributed by atoms with E-state index < -0.39 is 30.7 Å². The molecule has 0 aromatic rings. The first kappa shape index (κ1) is 9.88. The normalized spacial score (nSPS) is 49.2. The van der Waals surface area contributed by atoms with Gasteiger partial charge in [0.05, 0.1) is 6.10 Å². The zero-order valence-corrected chi connectivity index (χ0v) is 7.04. The van der Waals surface area contributed by atoms with Crippen LogP contribution in [0.5, 0.6) is 0 Å². The van der Waals surface area contributed by atoms with E-state index in [0.29, 0.717) is 0 Å². The summed E-state index contributed by atoms with van der Waals surface area (Å²) in [4.78, 5) is 0. The Balaban J connectivity index is 2.63. The second-order valence-corrected chi connectivity index (χ2v) is 2.92. The van der Waals surface area contributed by atoms with Gasteiger partial charge in [0, 0.05) is 7.11 Å². The average molecular weight is 178 g/mol. The fraction of sp³-hybridized carbons (Fsp3) is 1.00. The van der Waals surface area contributed by atoms with Crippen molar-refractivity contribution in [1.82, 2.24) is 0 Å². The molecule has 0 radical (unpaired) electrons. The molecule has 1 aliphatic heterocycles. The van der Waals surface area contributed by atoms with Gasteiger partial charge in [-0.25, -0.2) is 0 Å². The second-order valence-electron chi connectivity index (χ2n) is 2.92. The van der Waals surface area contributed by atoms with E-state index in [1.807, 2.05) is 0 Å². The van der Waals surface area contributed by atoms with E-state index >= 15 is 0 Å². The number of rotatable bonds is 1. The maximum absolute atomic E-state index is 9.27. The van der Waals surface area contributed by atoms with Gasteiger partial charge in [0.1, 0.15) is 18.3 Å². The third-order valence-electron chi connectivity index (χ3n) is 2.04. The molecule has 3 N–H and O–H groups in total. The molecule has 0 saturated carbocycles. The molecule has 1 saturated heterocycles. The van der Waals surface area contributed by atoms with Crippen LogP contribution in [0.3, 0.4) is 0 Å². The molecule has 3 unspecified atom stereocenters. The lowest BCUT2D eigenvalue weighted by atomic mass is 10.0. The van der Waals surface area contributed by atoms with Crippen LogP contribution < -0.4 is 0 Å². The second kappa shape index (κ2) is 3.68. The molecule has 0 amide bonds. The van der Waals surface area contributed by atoms with Gasteiger partial charge in [-0.1, -0.05) is 0 Å². The predicted octanol–water partition coefficient (Wildman–Crippen LogP) is -1.54. The molecule has 1 aliphatic rings. The summed E-state index contributed by atoms with van der Waals surface area (Å²) in [5, 5.41) is 27.8. The fourth-order valence-electron chi connectivity index (χ4n) is 1.21. The number of hydrogen-bond acceptors (Lipinski definition) is 5. The SMILES string of the molecule is COC1O[C@H](C)C(O)C(O)[C@@H]1O. The molecular weight excluding hydrogens is 164 g/mol. The molecule has 5 nitrogen and oxygen atoms in total. The number of aliphatic hydroxyl groups excluding tert-OH is 3. The van der Waals surface area contributed by atoms with Gasteiger partial charge in [-0.3, -0.25) is 0 Å². The molecule has 0 aromatic carbocycles. The number of methoxy groups -OCH3 is 1. The minimum Gasteiger partial charge on any atom is -0.388 e. The zero-order valence-electron chi connectivity index (χ0n) is 7.04. The summed E-state index contributed by atoms with van der Waals surface area (Å²) in [6.45, 7) is 1.60. The van der Waals surface area contributed by atoms with Gasteiger partial charge >= 0.3 is 0 Å². The van der Waals surface area contributed by atoms with E-state index in [2.05, 4.69) is 0 Å². The van der Waals surface area contributed by atoms with Crippen LogP contribution in [-0.2, 0) is 9.47 Å². The van der Waals surface area contributed by atoms with Crippen LogP contribution in [0.25, 0.3) is 0 Å². The van der Waals surface area contributed by atoms with Crippen molar-refractivity contribution in [2.75, 3.05) is 7.11 Å². The van der Waals surface area contributed by atoms with Crippen LogP contribution in [0, 0.1) is 0 Å².